The van der Waals surface area contributed by atoms with Crippen LogP contribution in [0, 0.1) is 0 Å². The van der Waals surface area contributed by atoms with E-state index in [4.69, 9.17) is 0 Å². The van der Waals surface area contributed by atoms with E-state index < -0.39 is 11.4 Å². The number of aromatic nitrogens is 1. The van der Waals surface area contributed by atoms with Gasteiger partial charge in [-0.05, 0) is 19.4 Å². The molecule has 27 heavy (non-hydrogen) atoms. The third-order valence-corrected chi connectivity index (χ3v) is 6.24. The summed E-state index contributed by atoms with van der Waals surface area (Å²) in [5, 5.41) is 15.3. The molecule has 2 aromatic rings. The highest BCUT2D eigenvalue weighted by atomic mass is 32.1. The van der Waals surface area contributed by atoms with Crippen LogP contribution in [0.3, 0.4) is 0 Å². The van der Waals surface area contributed by atoms with Gasteiger partial charge in [0.1, 0.15) is 0 Å². The van der Waals surface area contributed by atoms with E-state index in [0.29, 0.717) is 11.7 Å². The molecular formula is C19H22N4O3S. The van der Waals surface area contributed by atoms with Gasteiger partial charge in [-0.25, -0.2) is 9.78 Å². The van der Waals surface area contributed by atoms with Gasteiger partial charge in [0.2, 0.25) is 0 Å². The Morgan fingerprint density at radius 2 is 2.07 bits per heavy atom. The van der Waals surface area contributed by atoms with Crippen molar-refractivity contribution in [3.8, 4) is 11.3 Å². The summed E-state index contributed by atoms with van der Waals surface area (Å²) < 4.78 is 0. The topological polar surface area (TPSA) is 85.8 Å². The van der Waals surface area contributed by atoms with Crippen molar-refractivity contribution >= 4 is 28.5 Å². The number of anilines is 1. The molecule has 1 aromatic carbocycles. The number of piperazine rings is 1. The monoisotopic (exact) mass is 386 g/mol. The SMILES string of the molecule is CC(C)(C(=O)O)c1ccc(-c2csc(N3C[C@@H]4CNCCN4C3=O)n2)cc1. The van der Waals surface area contributed by atoms with Gasteiger partial charge < -0.3 is 15.3 Å². The molecular weight excluding hydrogens is 364 g/mol. The second kappa shape index (κ2) is 6.61. The van der Waals surface area contributed by atoms with Crippen molar-refractivity contribution in [3.63, 3.8) is 0 Å². The highest BCUT2D eigenvalue weighted by Gasteiger charge is 2.40. The normalized spacial score (nSPS) is 20.1. The van der Waals surface area contributed by atoms with Crippen molar-refractivity contribution in [1.29, 1.82) is 0 Å². The van der Waals surface area contributed by atoms with Crippen LogP contribution in [0.5, 0.6) is 0 Å². The number of rotatable bonds is 4. The molecule has 1 atom stereocenters. The average Bonchev–Trinajstić information content (AvgIpc) is 3.27. The molecule has 2 saturated heterocycles. The fraction of sp³-hybridized carbons (Fsp3) is 0.421. The largest absolute Gasteiger partial charge is 0.481 e. The first-order valence-electron chi connectivity index (χ1n) is 8.96. The van der Waals surface area contributed by atoms with Gasteiger partial charge in [-0.3, -0.25) is 9.69 Å². The van der Waals surface area contributed by atoms with Gasteiger partial charge in [0.25, 0.3) is 0 Å². The van der Waals surface area contributed by atoms with Crippen LogP contribution >= 0.6 is 11.3 Å². The highest BCUT2D eigenvalue weighted by molar-refractivity contribution is 7.14. The number of urea groups is 1. The van der Waals surface area contributed by atoms with Gasteiger partial charge in [-0.15, -0.1) is 11.3 Å². The minimum absolute atomic E-state index is 0.0287. The number of carbonyl (C=O) groups excluding carboxylic acids is 1. The first-order valence-corrected chi connectivity index (χ1v) is 9.84. The Hall–Kier alpha value is -2.45. The zero-order chi connectivity index (χ0) is 19.2. The summed E-state index contributed by atoms with van der Waals surface area (Å²) in [6.45, 7) is 6.42. The molecule has 0 aliphatic carbocycles. The summed E-state index contributed by atoms with van der Waals surface area (Å²) in [4.78, 5) is 32.4. The fourth-order valence-corrected chi connectivity index (χ4v) is 4.32. The number of carbonyl (C=O) groups is 2. The number of hydrogen-bond acceptors (Lipinski definition) is 5. The Balaban J connectivity index is 1.55. The lowest BCUT2D eigenvalue weighted by Crippen LogP contribution is -2.49. The molecule has 142 valence electrons. The maximum Gasteiger partial charge on any atom is 0.326 e. The molecule has 7 nitrogen and oxygen atoms in total. The first kappa shape index (κ1) is 17.9. The fourth-order valence-electron chi connectivity index (χ4n) is 3.48. The van der Waals surface area contributed by atoms with E-state index in [0.717, 1.165) is 36.5 Å². The molecule has 0 saturated carbocycles. The number of amides is 2. The van der Waals surface area contributed by atoms with Crippen molar-refractivity contribution in [2.75, 3.05) is 31.1 Å². The van der Waals surface area contributed by atoms with Crippen LogP contribution in [0.1, 0.15) is 19.4 Å². The molecule has 2 aliphatic rings. The van der Waals surface area contributed by atoms with Crippen LogP contribution in [-0.2, 0) is 10.2 Å². The standard InChI is InChI=1S/C19H22N4O3S/c1-19(2,16(24)25)13-5-3-12(4-6-13)15-11-27-17(21-15)23-10-14-9-20-7-8-22(14)18(23)26/h3-6,11,14,20H,7-10H2,1-2H3,(H,24,25)/t14-/m0/s1. The van der Waals surface area contributed by atoms with Gasteiger partial charge in [-0.2, -0.15) is 0 Å². The highest BCUT2D eigenvalue weighted by Crippen LogP contribution is 2.32. The Morgan fingerprint density at radius 1 is 1.33 bits per heavy atom. The summed E-state index contributed by atoms with van der Waals surface area (Å²) in [6.07, 6.45) is 0. The molecule has 3 heterocycles. The third-order valence-electron chi connectivity index (χ3n) is 5.38. The van der Waals surface area contributed by atoms with E-state index in [1.807, 2.05) is 34.5 Å². The summed E-state index contributed by atoms with van der Waals surface area (Å²) in [7, 11) is 0. The lowest BCUT2D eigenvalue weighted by Gasteiger charge is -2.28. The zero-order valence-corrected chi connectivity index (χ0v) is 16.1. The first-order chi connectivity index (χ1) is 12.9. The number of benzene rings is 1. The van der Waals surface area contributed by atoms with Gasteiger partial charge in [0, 0.05) is 30.6 Å². The molecule has 4 rings (SSSR count). The number of carboxylic acid groups (broad SMARTS) is 1. The average molecular weight is 386 g/mol. The smallest absolute Gasteiger partial charge is 0.326 e. The molecule has 8 heteroatoms. The molecule has 0 spiro atoms. The Bertz CT molecular complexity index is 877. The van der Waals surface area contributed by atoms with Crippen LogP contribution in [0.2, 0.25) is 0 Å². The summed E-state index contributed by atoms with van der Waals surface area (Å²) in [6, 6.07) is 7.66. The molecule has 2 amide bonds. The van der Waals surface area contributed by atoms with Crippen molar-refractivity contribution in [3.05, 3.63) is 35.2 Å². The molecule has 0 radical (unpaired) electrons. The van der Waals surface area contributed by atoms with E-state index in [1.165, 1.54) is 11.3 Å². The number of carboxylic acids is 1. The van der Waals surface area contributed by atoms with Crippen molar-refractivity contribution in [1.82, 2.24) is 15.2 Å². The van der Waals surface area contributed by atoms with Crippen LogP contribution in [0.25, 0.3) is 11.3 Å². The third kappa shape index (κ3) is 3.08. The lowest BCUT2D eigenvalue weighted by molar-refractivity contribution is -0.142. The van der Waals surface area contributed by atoms with Gasteiger partial charge >= 0.3 is 12.0 Å². The van der Waals surface area contributed by atoms with Gasteiger partial charge in [0.05, 0.1) is 23.7 Å². The zero-order valence-electron chi connectivity index (χ0n) is 15.3. The van der Waals surface area contributed by atoms with Crippen LogP contribution in [0.15, 0.2) is 29.6 Å². The maximum atomic E-state index is 12.6. The molecule has 2 fully saturated rings. The number of thiazole rings is 1. The second-order valence-electron chi connectivity index (χ2n) is 7.47. The van der Waals surface area contributed by atoms with E-state index in [-0.39, 0.29) is 12.1 Å². The van der Waals surface area contributed by atoms with Crippen molar-refractivity contribution in [2.45, 2.75) is 25.3 Å². The van der Waals surface area contributed by atoms with Crippen LogP contribution < -0.4 is 10.2 Å². The predicted octanol–water partition coefficient (Wildman–Crippen LogP) is 2.39. The molecule has 0 unspecified atom stereocenters. The molecule has 1 aromatic heterocycles. The minimum Gasteiger partial charge on any atom is -0.481 e. The van der Waals surface area contributed by atoms with E-state index >= 15 is 0 Å². The summed E-state index contributed by atoms with van der Waals surface area (Å²) in [5.41, 5.74) is 1.51. The van der Waals surface area contributed by atoms with E-state index in [1.54, 1.807) is 18.7 Å². The molecule has 0 bridgehead atoms. The van der Waals surface area contributed by atoms with E-state index in [9.17, 15) is 14.7 Å². The van der Waals surface area contributed by atoms with Crippen LogP contribution in [-0.4, -0.2) is 59.2 Å². The lowest BCUT2D eigenvalue weighted by atomic mass is 9.84. The maximum absolute atomic E-state index is 12.6. The molecule has 2 N–H and O–H groups in total. The predicted molar refractivity (Wildman–Crippen MR) is 104 cm³/mol. The summed E-state index contributed by atoms with van der Waals surface area (Å²) >= 11 is 1.46. The van der Waals surface area contributed by atoms with Gasteiger partial charge in [-0.1, -0.05) is 24.3 Å². The molecule has 2 aliphatic heterocycles. The van der Waals surface area contributed by atoms with Gasteiger partial charge in [0.15, 0.2) is 5.13 Å². The van der Waals surface area contributed by atoms with Crippen LogP contribution in [0.4, 0.5) is 9.93 Å². The number of nitrogens with zero attached hydrogens (tertiary/aromatic N) is 3. The minimum atomic E-state index is -0.938. The van der Waals surface area contributed by atoms with Crippen molar-refractivity contribution < 1.29 is 14.7 Å². The Kier molecular flexibility index (Phi) is 4.39. The quantitative estimate of drug-likeness (QED) is 0.843. The number of aliphatic carboxylic acids is 1. The summed E-state index contributed by atoms with van der Waals surface area (Å²) in [5.74, 6) is -0.857. The number of hydrogen-bond donors (Lipinski definition) is 2. The van der Waals surface area contributed by atoms with Crippen molar-refractivity contribution in [2.24, 2.45) is 0 Å². The Morgan fingerprint density at radius 3 is 2.74 bits per heavy atom. The van der Waals surface area contributed by atoms with E-state index in [2.05, 4.69) is 10.3 Å². The Labute approximate surface area is 161 Å². The number of nitrogens with one attached hydrogen (secondary N) is 1. The number of fused-ring (bicyclic) bond motifs is 1. The second-order valence-corrected chi connectivity index (χ2v) is 8.30.